The number of hydrogen-bond donors (Lipinski definition) is 1. The van der Waals surface area contributed by atoms with Crippen LogP contribution in [0, 0.1) is 17.2 Å². The molecule has 1 aromatic carbocycles. The number of nitriles is 1. The van der Waals surface area contributed by atoms with Gasteiger partial charge in [0, 0.05) is 25.0 Å². The summed E-state index contributed by atoms with van der Waals surface area (Å²) in [6, 6.07) is 15.0. The van der Waals surface area contributed by atoms with Crippen LogP contribution in [0.4, 0.5) is 11.6 Å². The number of fused-ring (bicyclic) bond motifs is 1. The highest BCUT2D eigenvalue weighted by Gasteiger charge is 2.46. The maximum absolute atomic E-state index is 9.59. The molecule has 0 bridgehead atoms. The lowest BCUT2D eigenvalue weighted by molar-refractivity contribution is 0.0574. The standard InChI is InChI=1S/C26H24N8S/c1-33-17-21(15-28-33)30-25-31-22-7-10-35-24(22)23(32-25)20-14-29-34(16-20)26(8-9-27)12-19(13-26)11-18-5-3-2-4-6-18/h2-7,10,14-17,19H,8,11-13H2,1H3,(H,30,31,32). The molecule has 1 N–H and O–H groups in total. The van der Waals surface area contributed by atoms with Crippen molar-refractivity contribution < 1.29 is 0 Å². The third kappa shape index (κ3) is 4.06. The molecule has 35 heavy (non-hydrogen) atoms. The van der Waals surface area contributed by atoms with E-state index in [9.17, 15) is 5.26 Å². The van der Waals surface area contributed by atoms with E-state index in [0.717, 1.165) is 46.4 Å². The molecule has 5 aromatic rings. The van der Waals surface area contributed by atoms with Crippen molar-refractivity contribution in [3.05, 3.63) is 72.1 Å². The Bertz CT molecular complexity index is 1520. The van der Waals surface area contributed by atoms with Gasteiger partial charge in [-0.3, -0.25) is 9.36 Å². The highest BCUT2D eigenvalue weighted by Crippen LogP contribution is 2.48. The Morgan fingerprint density at radius 1 is 1.11 bits per heavy atom. The maximum atomic E-state index is 9.59. The first-order valence-corrected chi connectivity index (χ1v) is 12.5. The van der Waals surface area contributed by atoms with Crippen molar-refractivity contribution in [2.75, 3.05) is 5.32 Å². The normalized spacial score (nSPS) is 19.4. The molecule has 9 heteroatoms. The Balaban J connectivity index is 1.29. The van der Waals surface area contributed by atoms with Crippen molar-refractivity contribution >= 4 is 33.2 Å². The summed E-state index contributed by atoms with van der Waals surface area (Å²) in [5.74, 6) is 1.07. The van der Waals surface area contributed by atoms with Gasteiger partial charge in [0.15, 0.2) is 0 Å². The van der Waals surface area contributed by atoms with E-state index >= 15 is 0 Å². The molecule has 0 unspecified atom stereocenters. The van der Waals surface area contributed by atoms with E-state index in [2.05, 4.69) is 45.7 Å². The van der Waals surface area contributed by atoms with E-state index in [1.165, 1.54) is 5.56 Å². The number of anilines is 2. The van der Waals surface area contributed by atoms with Crippen LogP contribution in [-0.2, 0) is 19.0 Å². The summed E-state index contributed by atoms with van der Waals surface area (Å²) in [5.41, 5.74) is 4.57. The van der Waals surface area contributed by atoms with Gasteiger partial charge < -0.3 is 5.32 Å². The molecule has 0 saturated heterocycles. The lowest BCUT2D eigenvalue weighted by atomic mass is 9.65. The van der Waals surface area contributed by atoms with Gasteiger partial charge in [-0.15, -0.1) is 11.3 Å². The molecule has 0 aliphatic heterocycles. The Labute approximate surface area is 206 Å². The van der Waals surface area contributed by atoms with Crippen LogP contribution in [0.3, 0.4) is 0 Å². The summed E-state index contributed by atoms with van der Waals surface area (Å²) < 4.78 is 4.75. The number of thiophene rings is 1. The van der Waals surface area contributed by atoms with Gasteiger partial charge in [-0.2, -0.15) is 15.5 Å². The third-order valence-corrected chi connectivity index (χ3v) is 7.63. The van der Waals surface area contributed by atoms with Crippen LogP contribution in [0.25, 0.3) is 21.5 Å². The Hall–Kier alpha value is -4.03. The van der Waals surface area contributed by atoms with Crippen LogP contribution in [0.1, 0.15) is 24.8 Å². The van der Waals surface area contributed by atoms with Crippen LogP contribution in [-0.4, -0.2) is 29.5 Å². The van der Waals surface area contributed by atoms with Crippen LogP contribution in [0.15, 0.2) is 66.6 Å². The molecule has 6 rings (SSSR count). The second-order valence-corrected chi connectivity index (χ2v) is 10.2. The van der Waals surface area contributed by atoms with Crippen LogP contribution < -0.4 is 5.32 Å². The number of benzene rings is 1. The van der Waals surface area contributed by atoms with Crippen LogP contribution in [0.2, 0.25) is 0 Å². The van der Waals surface area contributed by atoms with E-state index in [4.69, 9.17) is 10.1 Å². The molecule has 1 saturated carbocycles. The summed E-state index contributed by atoms with van der Waals surface area (Å²) in [5, 5.41) is 23.8. The Kier molecular flexibility index (Phi) is 5.30. The first-order valence-electron chi connectivity index (χ1n) is 11.6. The number of nitrogens with one attached hydrogen (secondary N) is 1. The average molecular weight is 481 g/mol. The zero-order chi connectivity index (χ0) is 23.8. The van der Waals surface area contributed by atoms with Crippen molar-refractivity contribution in [3.63, 3.8) is 0 Å². The van der Waals surface area contributed by atoms with E-state index in [-0.39, 0.29) is 5.54 Å². The first-order chi connectivity index (χ1) is 17.1. The van der Waals surface area contributed by atoms with Crippen LogP contribution in [0.5, 0.6) is 0 Å². The van der Waals surface area contributed by atoms with Gasteiger partial charge in [-0.25, -0.2) is 9.97 Å². The van der Waals surface area contributed by atoms with Crippen molar-refractivity contribution in [1.29, 1.82) is 5.26 Å². The average Bonchev–Trinajstić information content (AvgIpc) is 3.59. The summed E-state index contributed by atoms with van der Waals surface area (Å²) in [7, 11) is 1.87. The van der Waals surface area contributed by atoms with Crippen molar-refractivity contribution in [1.82, 2.24) is 29.5 Å². The largest absolute Gasteiger partial charge is 0.321 e. The lowest BCUT2D eigenvalue weighted by Gasteiger charge is -2.46. The third-order valence-electron chi connectivity index (χ3n) is 6.72. The molecule has 8 nitrogen and oxygen atoms in total. The molecule has 174 valence electrons. The summed E-state index contributed by atoms with van der Waals surface area (Å²) in [6.45, 7) is 0. The van der Waals surface area contributed by atoms with E-state index in [0.29, 0.717) is 18.3 Å². The van der Waals surface area contributed by atoms with Gasteiger partial charge in [0.25, 0.3) is 0 Å². The first kappa shape index (κ1) is 21.5. The van der Waals surface area contributed by atoms with Gasteiger partial charge in [0.1, 0.15) is 0 Å². The fourth-order valence-electron chi connectivity index (χ4n) is 5.10. The lowest BCUT2D eigenvalue weighted by Crippen LogP contribution is -2.47. The zero-order valence-corrected chi connectivity index (χ0v) is 20.1. The van der Waals surface area contributed by atoms with Crippen LogP contribution >= 0.6 is 11.3 Å². The Morgan fingerprint density at radius 2 is 1.97 bits per heavy atom. The zero-order valence-electron chi connectivity index (χ0n) is 19.3. The number of aryl methyl sites for hydroxylation is 1. The van der Waals surface area contributed by atoms with Gasteiger partial charge in [-0.05, 0) is 42.2 Å². The second-order valence-electron chi connectivity index (χ2n) is 9.26. The molecule has 0 atom stereocenters. The maximum Gasteiger partial charge on any atom is 0.228 e. The predicted molar refractivity (Wildman–Crippen MR) is 136 cm³/mol. The topological polar surface area (TPSA) is 97.2 Å². The molecule has 4 heterocycles. The minimum Gasteiger partial charge on any atom is -0.321 e. The number of rotatable bonds is 7. The van der Waals surface area contributed by atoms with Gasteiger partial charge in [0.05, 0.1) is 52.0 Å². The van der Waals surface area contributed by atoms with Gasteiger partial charge in [-0.1, -0.05) is 30.3 Å². The van der Waals surface area contributed by atoms with Gasteiger partial charge in [0.2, 0.25) is 5.95 Å². The molecular weight excluding hydrogens is 456 g/mol. The smallest absolute Gasteiger partial charge is 0.228 e. The highest BCUT2D eigenvalue weighted by molar-refractivity contribution is 7.17. The Morgan fingerprint density at radius 3 is 2.74 bits per heavy atom. The monoisotopic (exact) mass is 480 g/mol. The summed E-state index contributed by atoms with van der Waals surface area (Å²) in [6.07, 6.45) is 10.9. The van der Waals surface area contributed by atoms with E-state index < -0.39 is 0 Å². The second kappa shape index (κ2) is 8.64. The molecular formula is C26H24N8S. The highest BCUT2D eigenvalue weighted by atomic mass is 32.1. The predicted octanol–water partition coefficient (Wildman–Crippen LogP) is 5.29. The number of nitrogens with zero attached hydrogens (tertiary/aromatic N) is 7. The quantitative estimate of drug-likeness (QED) is 0.340. The molecule has 1 aliphatic carbocycles. The fraction of sp³-hybridized carbons (Fsp3) is 0.269. The van der Waals surface area contributed by atoms with Gasteiger partial charge >= 0.3 is 0 Å². The molecule has 1 fully saturated rings. The van der Waals surface area contributed by atoms with Crippen molar-refractivity contribution in [2.24, 2.45) is 13.0 Å². The van der Waals surface area contributed by atoms with Crippen molar-refractivity contribution in [3.8, 4) is 17.3 Å². The fourth-order valence-corrected chi connectivity index (χ4v) is 5.94. The molecule has 0 amide bonds. The molecule has 4 aromatic heterocycles. The SMILES string of the molecule is Cn1cc(Nc2nc(-c3cnn(C4(CC#N)CC(Cc5ccccc5)C4)c3)c3sccc3n2)cn1. The summed E-state index contributed by atoms with van der Waals surface area (Å²) in [4.78, 5) is 9.51. The minimum atomic E-state index is -0.259. The summed E-state index contributed by atoms with van der Waals surface area (Å²) >= 11 is 1.62. The molecule has 1 aliphatic rings. The number of hydrogen-bond acceptors (Lipinski definition) is 7. The van der Waals surface area contributed by atoms with E-state index in [1.807, 2.05) is 47.8 Å². The minimum absolute atomic E-state index is 0.259. The molecule has 0 radical (unpaired) electrons. The van der Waals surface area contributed by atoms with Crippen molar-refractivity contribution in [2.45, 2.75) is 31.2 Å². The number of aromatic nitrogens is 6. The molecule has 0 spiro atoms. The van der Waals surface area contributed by atoms with E-state index in [1.54, 1.807) is 22.2 Å².